The number of halogens is 4. The normalized spacial score (nSPS) is 14.9. The lowest BCUT2D eigenvalue weighted by atomic mass is 10.1. The van der Waals surface area contributed by atoms with Crippen molar-refractivity contribution in [1.29, 1.82) is 5.26 Å². The fourth-order valence-corrected chi connectivity index (χ4v) is 4.92. The van der Waals surface area contributed by atoms with Crippen LogP contribution in [0.1, 0.15) is 25.0 Å². The summed E-state index contributed by atoms with van der Waals surface area (Å²) in [7, 11) is -4.53. The number of alkyl halides is 3. The highest BCUT2D eigenvalue weighted by Crippen LogP contribution is 2.34. The number of benzene rings is 1. The van der Waals surface area contributed by atoms with Gasteiger partial charge in [0, 0.05) is 17.8 Å². The molecular formula is C23H20F4N6O2S. The first-order valence-corrected chi connectivity index (χ1v) is 12.2. The molecule has 1 aliphatic heterocycles. The smallest absolute Gasteiger partial charge is 0.332 e. The van der Waals surface area contributed by atoms with E-state index in [1.165, 1.54) is 12.1 Å². The zero-order valence-corrected chi connectivity index (χ0v) is 19.9. The molecular weight excluding hydrogens is 500 g/mol. The Morgan fingerprint density at radius 1 is 1.31 bits per heavy atom. The third-order valence-corrected chi connectivity index (χ3v) is 7.15. The first-order valence-electron chi connectivity index (χ1n) is 10.8. The average Bonchev–Trinajstić information content (AvgIpc) is 3.16. The van der Waals surface area contributed by atoms with Crippen LogP contribution in [0.3, 0.4) is 0 Å². The van der Waals surface area contributed by atoms with Crippen LogP contribution in [0.15, 0.2) is 52.6 Å². The number of aromatic nitrogens is 2. The van der Waals surface area contributed by atoms with Gasteiger partial charge in [0.2, 0.25) is 16.0 Å². The zero-order valence-electron chi connectivity index (χ0n) is 19.1. The van der Waals surface area contributed by atoms with Gasteiger partial charge < -0.3 is 5.32 Å². The lowest BCUT2D eigenvalue weighted by Gasteiger charge is -2.17. The topological polar surface area (TPSA) is 112 Å². The van der Waals surface area contributed by atoms with Crippen LogP contribution in [0.25, 0.3) is 22.3 Å². The van der Waals surface area contributed by atoms with Gasteiger partial charge in [-0.05, 0) is 49.2 Å². The summed E-state index contributed by atoms with van der Waals surface area (Å²) in [6.45, 7) is 2.82. The number of sulfonamides is 1. The van der Waals surface area contributed by atoms with E-state index in [1.54, 1.807) is 34.6 Å². The quantitative estimate of drug-likeness (QED) is 0.497. The molecule has 0 saturated carbocycles. The van der Waals surface area contributed by atoms with Crippen molar-refractivity contribution >= 4 is 26.9 Å². The Labute approximate surface area is 204 Å². The monoisotopic (exact) mass is 520 g/mol. The van der Waals surface area contributed by atoms with E-state index in [0.29, 0.717) is 42.3 Å². The molecule has 1 atom stereocenters. The Hall–Kier alpha value is -3.76. The van der Waals surface area contributed by atoms with Crippen LogP contribution in [0.5, 0.6) is 0 Å². The van der Waals surface area contributed by atoms with E-state index >= 15 is 0 Å². The molecule has 0 fully saturated rings. The molecule has 0 radical (unpaired) electrons. The molecule has 0 amide bonds. The van der Waals surface area contributed by atoms with Crippen molar-refractivity contribution in [2.75, 3.05) is 6.54 Å². The highest BCUT2D eigenvalue weighted by atomic mass is 32.2. The van der Waals surface area contributed by atoms with Crippen LogP contribution in [0, 0.1) is 17.1 Å². The van der Waals surface area contributed by atoms with Crippen molar-refractivity contribution in [1.82, 2.24) is 19.6 Å². The van der Waals surface area contributed by atoms with E-state index < -0.39 is 33.0 Å². The molecule has 13 heteroatoms. The van der Waals surface area contributed by atoms with Crippen molar-refractivity contribution in [2.45, 2.75) is 37.4 Å². The van der Waals surface area contributed by atoms with Gasteiger partial charge in [-0.1, -0.05) is 6.92 Å². The van der Waals surface area contributed by atoms with Crippen LogP contribution >= 0.6 is 0 Å². The molecule has 2 aromatic heterocycles. The molecule has 3 heterocycles. The maximum Gasteiger partial charge on any atom is 0.404 e. The largest absolute Gasteiger partial charge is 0.404 e. The van der Waals surface area contributed by atoms with Crippen molar-refractivity contribution in [3.63, 3.8) is 0 Å². The third-order valence-electron chi connectivity index (χ3n) is 5.63. The highest BCUT2D eigenvalue weighted by Gasteiger charge is 2.39. The number of rotatable bonds is 5. The molecule has 3 aromatic rings. The summed E-state index contributed by atoms with van der Waals surface area (Å²) in [6.07, 6.45) is -0.0388. The van der Waals surface area contributed by atoms with Gasteiger partial charge in [0.05, 0.1) is 29.0 Å². The minimum atomic E-state index is -4.77. The fourth-order valence-electron chi connectivity index (χ4n) is 3.75. The predicted octanol–water partition coefficient (Wildman–Crippen LogP) is 3.83. The average molecular weight is 521 g/mol. The van der Waals surface area contributed by atoms with E-state index in [1.807, 2.05) is 0 Å². The number of nitrogens with zero attached hydrogens (tertiary/aromatic N) is 4. The first-order chi connectivity index (χ1) is 17.0. The molecule has 0 aliphatic carbocycles. The van der Waals surface area contributed by atoms with Crippen molar-refractivity contribution in [2.24, 2.45) is 4.99 Å². The van der Waals surface area contributed by atoms with E-state index in [2.05, 4.69) is 21.4 Å². The van der Waals surface area contributed by atoms with Gasteiger partial charge in [0.25, 0.3) is 0 Å². The van der Waals surface area contributed by atoms with E-state index in [-0.39, 0.29) is 17.0 Å². The van der Waals surface area contributed by atoms with Crippen molar-refractivity contribution in [3.8, 4) is 17.5 Å². The van der Waals surface area contributed by atoms with Gasteiger partial charge >= 0.3 is 6.18 Å². The summed E-state index contributed by atoms with van der Waals surface area (Å²) in [4.78, 5) is 8.07. The van der Waals surface area contributed by atoms with E-state index in [9.17, 15) is 31.2 Å². The summed E-state index contributed by atoms with van der Waals surface area (Å²) in [5, 5.41) is 13.3. The Kier molecular flexibility index (Phi) is 6.59. The summed E-state index contributed by atoms with van der Waals surface area (Å²) in [5.41, 5.74) is 1.35. The second-order valence-electron chi connectivity index (χ2n) is 7.96. The van der Waals surface area contributed by atoms with E-state index in [0.717, 1.165) is 12.3 Å². The lowest BCUT2D eigenvalue weighted by Crippen LogP contribution is -2.42. The molecule has 0 bridgehead atoms. The molecule has 0 saturated heterocycles. The second kappa shape index (κ2) is 9.36. The molecule has 1 aromatic carbocycles. The Bertz CT molecular complexity index is 1530. The van der Waals surface area contributed by atoms with Crippen LogP contribution in [0.2, 0.25) is 0 Å². The Balaban J connectivity index is 1.88. The Morgan fingerprint density at radius 2 is 2.06 bits per heavy atom. The van der Waals surface area contributed by atoms with Gasteiger partial charge in [0.1, 0.15) is 22.8 Å². The van der Waals surface area contributed by atoms with Gasteiger partial charge in [-0.25, -0.2) is 17.8 Å². The van der Waals surface area contributed by atoms with Crippen LogP contribution in [-0.4, -0.2) is 42.7 Å². The predicted molar refractivity (Wildman–Crippen MR) is 125 cm³/mol. The number of hydrogen-bond acceptors (Lipinski definition) is 6. The molecule has 8 nitrogen and oxygen atoms in total. The molecule has 1 aliphatic rings. The maximum atomic E-state index is 14.6. The number of aliphatic imine (C=N–C) groups is 1. The summed E-state index contributed by atoms with van der Waals surface area (Å²) >= 11 is 0. The van der Waals surface area contributed by atoms with Crippen molar-refractivity contribution < 1.29 is 26.0 Å². The summed E-state index contributed by atoms with van der Waals surface area (Å²) < 4.78 is 81.2. The number of pyridine rings is 1. The van der Waals surface area contributed by atoms with E-state index in [4.69, 9.17) is 0 Å². The molecule has 36 heavy (non-hydrogen) atoms. The number of nitrogens with one attached hydrogen (secondary N) is 2. The number of aryl methyl sites for hydroxylation is 1. The number of hydrogen-bond donors (Lipinski definition) is 2. The van der Waals surface area contributed by atoms with Gasteiger partial charge in [-0.15, -0.1) is 0 Å². The highest BCUT2D eigenvalue weighted by molar-refractivity contribution is 7.89. The SMILES string of the molecule is CCc1cc2c(cc1F)c(C#N)c(-c1ccc(S(=O)(=O)N[C@@H](C)C(F)(F)F)cn1)n2C1=NCC=CN1. The maximum absolute atomic E-state index is 14.6. The second-order valence-corrected chi connectivity index (χ2v) is 9.67. The lowest BCUT2D eigenvalue weighted by molar-refractivity contribution is -0.147. The summed E-state index contributed by atoms with van der Waals surface area (Å²) in [6, 6.07) is 4.99. The van der Waals surface area contributed by atoms with Crippen LogP contribution in [-0.2, 0) is 16.4 Å². The molecule has 0 spiro atoms. The Morgan fingerprint density at radius 3 is 2.61 bits per heavy atom. The zero-order chi connectivity index (χ0) is 26.3. The molecule has 0 unspecified atom stereocenters. The van der Waals surface area contributed by atoms with Gasteiger partial charge in [0.15, 0.2) is 0 Å². The first kappa shape index (κ1) is 25.3. The van der Waals surface area contributed by atoms with Gasteiger partial charge in [-0.2, -0.15) is 23.2 Å². The minimum absolute atomic E-state index is 0.0810. The number of fused-ring (bicyclic) bond motifs is 1. The molecule has 2 N–H and O–H groups in total. The number of nitriles is 1. The summed E-state index contributed by atoms with van der Waals surface area (Å²) in [5.74, 6) is -0.144. The molecule has 4 rings (SSSR count). The van der Waals surface area contributed by atoms with Crippen molar-refractivity contribution in [3.05, 3.63) is 59.7 Å². The van der Waals surface area contributed by atoms with Gasteiger partial charge in [-0.3, -0.25) is 9.55 Å². The van der Waals surface area contributed by atoms with Crippen LogP contribution in [0.4, 0.5) is 17.6 Å². The van der Waals surface area contributed by atoms with Crippen LogP contribution < -0.4 is 10.0 Å². The third kappa shape index (κ3) is 4.57. The standard InChI is InChI=1S/C23H20F4N6O2S/c1-3-14-9-20-16(10-18(14)24)17(11-28)21(33(20)22-29-7-4-8-30-22)19-6-5-15(12-31-19)36(34,35)32-13(2)23(25,26)27/h4-7,9-10,12-13,32H,3,8H2,1-2H3,(H,29,30)/t13-/m0/s1. The fraction of sp³-hybridized carbons (Fsp3) is 0.261. The molecule has 188 valence electrons. The minimum Gasteiger partial charge on any atom is -0.332 e.